The largest absolute Gasteiger partial charge is 0.378 e. The molecule has 0 N–H and O–H groups in total. The molecule has 0 spiro atoms. The molecule has 0 unspecified atom stereocenters. The van der Waals surface area contributed by atoms with Crippen molar-refractivity contribution in [3.63, 3.8) is 0 Å². The Morgan fingerprint density at radius 1 is 1.21 bits per heavy atom. The van der Waals surface area contributed by atoms with E-state index in [2.05, 4.69) is 4.98 Å². The summed E-state index contributed by atoms with van der Waals surface area (Å²) in [6.07, 6.45) is 1.96. The van der Waals surface area contributed by atoms with Crippen LogP contribution in [-0.2, 0) is 20.7 Å². The average Bonchev–Trinajstić information content (AvgIpc) is 2.62. The number of carbonyl (C=O) groups is 2. The molecule has 3 rings (SSSR count). The molecule has 0 bridgehead atoms. The van der Waals surface area contributed by atoms with Gasteiger partial charge in [0.1, 0.15) is 0 Å². The first-order valence-corrected chi connectivity index (χ1v) is 8.07. The maximum atomic E-state index is 12.5. The van der Waals surface area contributed by atoms with E-state index in [1.165, 1.54) is 4.90 Å². The molecule has 1 aliphatic rings. The Kier molecular flexibility index (Phi) is 5.05. The minimum absolute atomic E-state index is 0.0369. The van der Waals surface area contributed by atoms with Crippen LogP contribution in [-0.4, -0.2) is 66.5 Å². The third kappa shape index (κ3) is 3.71. The highest BCUT2D eigenvalue weighted by Crippen LogP contribution is 2.17. The molecule has 2 amide bonds. The standard InChI is InChI=1S/C18H21N3O3/c1-20(13-17(23)21-8-10-24-11-9-21)16(22)12-15-5-2-4-14-6-3-7-19-18(14)15/h2-7H,8-13H2,1H3. The lowest BCUT2D eigenvalue weighted by Crippen LogP contribution is -2.46. The van der Waals surface area contributed by atoms with Crippen LogP contribution in [0.1, 0.15) is 5.56 Å². The van der Waals surface area contributed by atoms with E-state index >= 15 is 0 Å². The lowest BCUT2D eigenvalue weighted by molar-refractivity contribution is -0.141. The number of benzene rings is 1. The molecule has 0 radical (unpaired) electrons. The van der Waals surface area contributed by atoms with Crippen molar-refractivity contribution in [3.05, 3.63) is 42.1 Å². The fourth-order valence-electron chi connectivity index (χ4n) is 2.81. The second-order valence-electron chi connectivity index (χ2n) is 5.91. The van der Waals surface area contributed by atoms with E-state index in [1.54, 1.807) is 18.1 Å². The highest BCUT2D eigenvalue weighted by atomic mass is 16.5. The molecular formula is C18H21N3O3. The molecule has 0 atom stereocenters. The Labute approximate surface area is 141 Å². The SMILES string of the molecule is CN(CC(=O)N1CCOCC1)C(=O)Cc1cccc2cccnc12. The van der Waals surface area contributed by atoms with Gasteiger partial charge in [0.15, 0.2) is 0 Å². The van der Waals surface area contributed by atoms with Gasteiger partial charge in [0.25, 0.3) is 0 Å². The van der Waals surface area contributed by atoms with E-state index in [0.29, 0.717) is 26.3 Å². The number of amides is 2. The molecule has 126 valence electrons. The first-order valence-electron chi connectivity index (χ1n) is 8.07. The fourth-order valence-corrected chi connectivity index (χ4v) is 2.81. The van der Waals surface area contributed by atoms with Gasteiger partial charge in [-0.15, -0.1) is 0 Å². The van der Waals surface area contributed by atoms with Crippen LogP contribution in [0.15, 0.2) is 36.5 Å². The lowest BCUT2D eigenvalue weighted by Gasteiger charge is -2.28. The summed E-state index contributed by atoms with van der Waals surface area (Å²) in [4.78, 5) is 32.3. The summed E-state index contributed by atoms with van der Waals surface area (Å²) in [5.41, 5.74) is 1.71. The van der Waals surface area contributed by atoms with Gasteiger partial charge in [-0.1, -0.05) is 24.3 Å². The van der Waals surface area contributed by atoms with Crippen molar-refractivity contribution in [2.24, 2.45) is 0 Å². The minimum Gasteiger partial charge on any atom is -0.378 e. The zero-order chi connectivity index (χ0) is 16.9. The zero-order valence-electron chi connectivity index (χ0n) is 13.8. The van der Waals surface area contributed by atoms with E-state index in [4.69, 9.17) is 4.74 Å². The number of morpholine rings is 1. The van der Waals surface area contributed by atoms with Crippen LogP contribution >= 0.6 is 0 Å². The van der Waals surface area contributed by atoms with Crippen LogP contribution in [0.25, 0.3) is 10.9 Å². The molecule has 2 aromatic rings. The van der Waals surface area contributed by atoms with Crippen molar-refractivity contribution in [1.29, 1.82) is 0 Å². The number of ether oxygens (including phenoxy) is 1. The molecule has 1 aromatic carbocycles. The Hall–Kier alpha value is -2.47. The lowest BCUT2D eigenvalue weighted by atomic mass is 10.1. The first-order chi connectivity index (χ1) is 11.6. The summed E-state index contributed by atoms with van der Waals surface area (Å²) in [6, 6.07) is 9.65. The van der Waals surface area contributed by atoms with Crippen LogP contribution in [0.5, 0.6) is 0 Å². The van der Waals surface area contributed by atoms with Gasteiger partial charge in [-0.3, -0.25) is 14.6 Å². The second-order valence-corrected chi connectivity index (χ2v) is 5.91. The minimum atomic E-state index is -0.0882. The molecule has 0 saturated carbocycles. The Morgan fingerprint density at radius 2 is 1.96 bits per heavy atom. The molecular weight excluding hydrogens is 306 g/mol. The van der Waals surface area contributed by atoms with Crippen molar-refractivity contribution in [3.8, 4) is 0 Å². The third-order valence-corrected chi connectivity index (χ3v) is 4.22. The van der Waals surface area contributed by atoms with Crippen LogP contribution in [0.2, 0.25) is 0 Å². The summed E-state index contributed by atoms with van der Waals surface area (Å²) in [6.45, 7) is 2.40. The monoisotopic (exact) mass is 327 g/mol. The quantitative estimate of drug-likeness (QED) is 0.843. The van der Waals surface area contributed by atoms with Crippen LogP contribution in [0.4, 0.5) is 0 Å². The van der Waals surface area contributed by atoms with Crippen molar-refractivity contribution in [1.82, 2.24) is 14.8 Å². The number of fused-ring (bicyclic) bond motifs is 1. The molecule has 24 heavy (non-hydrogen) atoms. The normalized spacial score (nSPS) is 14.6. The van der Waals surface area contributed by atoms with Crippen LogP contribution < -0.4 is 0 Å². The topological polar surface area (TPSA) is 62.7 Å². The van der Waals surface area contributed by atoms with Gasteiger partial charge in [-0.25, -0.2) is 0 Å². The first kappa shape index (κ1) is 16.4. The highest BCUT2D eigenvalue weighted by Gasteiger charge is 2.20. The highest BCUT2D eigenvalue weighted by molar-refractivity contribution is 5.89. The summed E-state index contributed by atoms with van der Waals surface area (Å²) >= 11 is 0. The van der Waals surface area contributed by atoms with Gasteiger partial charge < -0.3 is 14.5 Å². The maximum absolute atomic E-state index is 12.5. The summed E-state index contributed by atoms with van der Waals surface area (Å²) in [7, 11) is 1.67. The van der Waals surface area contributed by atoms with E-state index in [9.17, 15) is 9.59 Å². The summed E-state index contributed by atoms with van der Waals surface area (Å²) < 4.78 is 5.24. The van der Waals surface area contributed by atoms with Crippen molar-refractivity contribution >= 4 is 22.7 Å². The number of hydrogen-bond donors (Lipinski definition) is 0. The molecule has 1 aromatic heterocycles. The van der Waals surface area contributed by atoms with Crippen LogP contribution in [0, 0.1) is 0 Å². The molecule has 2 heterocycles. The van der Waals surface area contributed by atoms with Crippen LogP contribution in [0.3, 0.4) is 0 Å². The average molecular weight is 327 g/mol. The maximum Gasteiger partial charge on any atom is 0.242 e. The molecule has 1 fully saturated rings. The molecule has 0 aliphatic carbocycles. The van der Waals surface area contributed by atoms with Crippen molar-refractivity contribution in [2.45, 2.75) is 6.42 Å². The van der Waals surface area contributed by atoms with Gasteiger partial charge in [0.2, 0.25) is 11.8 Å². The van der Waals surface area contributed by atoms with Gasteiger partial charge in [0, 0.05) is 31.7 Å². The van der Waals surface area contributed by atoms with Gasteiger partial charge in [0.05, 0.1) is 31.7 Å². The summed E-state index contributed by atoms with van der Waals surface area (Å²) in [5, 5.41) is 1.01. The van der Waals surface area contributed by atoms with E-state index in [1.807, 2.05) is 30.3 Å². The number of para-hydroxylation sites is 1. The number of hydrogen-bond acceptors (Lipinski definition) is 4. The van der Waals surface area contributed by atoms with E-state index in [0.717, 1.165) is 16.5 Å². The number of nitrogens with zero attached hydrogens (tertiary/aromatic N) is 3. The number of rotatable bonds is 4. The number of aromatic nitrogens is 1. The molecule has 1 aliphatic heterocycles. The Morgan fingerprint density at radius 3 is 2.75 bits per heavy atom. The second kappa shape index (κ2) is 7.40. The number of carbonyl (C=O) groups excluding carboxylic acids is 2. The predicted octanol–water partition coefficient (Wildman–Crippen LogP) is 1.09. The predicted molar refractivity (Wildman–Crippen MR) is 90.5 cm³/mol. The number of likely N-dealkylation sites (N-methyl/N-ethyl adjacent to an activating group) is 1. The third-order valence-electron chi connectivity index (χ3n) is 4.22. The van der Waals surface area contributed by atoms with Gasteiger partial charge in [-0.05, 0) is 11.6 Å². The van der Waals surface area contributed by atoms with Gasteiger partial charge in [-0.2, -0.15) is 0 Å². The van der Waals surface area contributed by atoms with Crippen molar-refractivity contribution in [2.75, 3.05) is 39.9 Å². The van der Waals surface area contributed by atoms with E-state index < -0.39 is 0 Å². The summed E-state index contributed by atoms with van der Waals surface area (Å²) in [5.74, 6) is -0.125. The zero-order valence-corrected chi connectivity index (χ0v) is 13.8. The van der Waals surface area contributed by atoms with Crippen molar-refractivity contribution < 1.29 is 14.3 Å². The Balaban J connectivity index is 1.64. The van der Waals surface area contributed by atoms with Gasteiger partial charge >= 0.3 is 0 Å². The van der Waals surface area contributed by atoms with E-state index in [-0.39, 0.29) is 24.8 Å². The molecule has 6 heteroatoms. The molecule has 1 saturated heterocycles. The Bertz CT molecular complexity index is 736. The number of pyridine rings is 1. The smallest absolute Gasteiger partial charge is 0.242 e. The fraction of sp³-hybridized carbons (Fsp3) is 0.389. The molecule has 6 nitrogen and oxygen atoms in total.